The van der Waals surface area contributed by atoms with E-state index in [1.807, 2.05) is 31.2 Å². The molecule has 2 fully saturated rings. The molecule has 5 unspecified atom stereocenters. The van der Waals surface area contributed by atoms with Crippen LogP contribution in [0.15, 0.2) is 77.7 Å². The van der Waals surface area contributed by atoms with Crippen molar-refractivity contribution in [2.45, 2.75) is 68.5 Å². The molecule has 0 spiro atoms. The van der Waals surface area contributed by atoms with Crippen LogP contribution in [-0.2, 0) is 32.2 Å². The lowest BCUT2D eigenvalue weighted by Crippen LogP contribution is -2.50. The molecule has 0 radical (unpaired) electrons. The molecule has 9 nitrogen and oxygen atoms in total. The van der Waals surface area contributed by atoms with E-state index in [1.54, 1.807) is 60.3 Å². The summed E-state index contributed by atoms with van der Waals surface area (Å²) < 4.78 is 51.8. The zero-order valence-electron chi connectivity index (χ0n) is 25.5. The smallest absolute Gasteiger partial charge is 0.471 e. The molecule has 3 aromatic rings. The van der Waals surface area contributed by atoms with Crippen LogP contribution in [0.5, 0.6) is 0 Å². The maximum Gasteiger partial charge on any atom is 0.471 e. The lowest BCUT2D eigenvalue weighted by molar-refractivity contribution is -0.268. The average molecular weight is 673 g/mol. The number of aliphatic hydroxyl groups excluding tert-OH is 1. The third-order valence-electron chi connectivity index (χ3n) is 8.42. The summed E-state index contributed by atoms with van der Waals surface area (Å²) in [5, 5.41) is 21.3. The molecule has 47 heavy (non-hydrogen) atoms. The summed E-state index contributed by atoms with van der Waals surface area (Å²) in [6, 6.07) is 20.1. The van der Waals surface area contributed by atoms with E-state index in [0.29, 0.717) is 22.6 Å². The summed E-state index contributed by atoms with van der Waals surface area (Å²) in [5.74, 6) is -3.13. The summed E-state index contributed by atoms with van der Waals surface area (Å²) in [5.41, 5.74) is 3.33. The molecule has 3 N–H and O–H groups in total. The number of nitrogens with one attached hydrogen (secondary N) is 1. The first-order valence-electron chi connectivity index (χ1n) is 15.2. The Morgan fingerprint density at radius 3 is 2.19 bits per heavy atom. The van der Waals surface area contributed by atoms with Gasteiger partial charge in [-0.25, -0.2) is 4.79 Å². The summed E-state index contributed by atoms with van der Waals surface area (Å²) in [6.07, 6.45) is -5.89. The zero-order chi connectivity index (χ0) is 33.7. The number of ether oxygens (including phenoxy) is 2. The van der Waals surface area contributed by atoms with Gasteiger partial charge in [0.1, 0.15) is 6.04 Å². The molecule has 0 aliphatic carbocycles. The minimum atomic E-state index is -5.03. The highest BCUT2D eigenvalue weighted by Crippen LogP contribution is 2.43. The van der Waals surface area contributed by atoms with E-state index in [2.05, 4.69) is 5.32 Å². The van der Waals surface area contributed by atoms with Crippen molar-refractivity contribution < 1.29 is 47.2 Å². The van der Waals surface area contributed by atoms with Crippen LogP contribution in [0.25, 0.3) is 0 Å². The molecule has 250 valence electrons. The van der Waals surface area contributed by atoms with Crippen LogP contribution in [0, 0.1) is 5.92 Å². The Hall–Kier alpha value is -3.91. The van der Waals surface area contributed by atoms with E-state index in [9.17, 15) is 37.8 Å². The molecule has 5 rings (SSSR count). The van der Waals surface area contributed by atoms with E-state index >= 15 is 0 Å². The van der Waals surface area contributed by atoms with Crippen LogP contribution >= 0.6 is 11.8 Å². The van der Waals surface area contributed by atoms with Gasteiger partial charge in [0.15, 0.2) is 6.29 Å². The van der Waals surface area contributed by atoms with Gasteiger partial charge in [0.25, 0.3) is 0 Å². The van der Waals surface area contributed by atoms with Gasteiger partial charge in [-0.2, -0.15) is 13.2 Å². The fourth-order valence-corrected chi connectivity index (χ4v) is 6.79. The topological polar surface area (TPSA) is 125 Å². The van der Waals surface area contributed by atoms with Gasteiger partial charge in [0, 0.05) is 35.2 Å². The molecule has 0 aromatic heterocycles. The molecule has 3 aromatic carbocycles. The number of hydrogen-bond donors (Lipinski definition) is 3. The van der Waals surface area contributed by atoms with Crippen LogP contribution in [0.2, 0.25) is 0 Å². The number of hydrogen-bond acceptors (Lipinski definition) is 7. The van der Waals surface area contributed by atoms with Crippen molar-refractivity contribution in [1.29, 1.82) is 0 Å². The number of likely N-dealkylation sites (tertiary alicyclic amines) is 1. The molecule has 13 heteroatoms. The maximum atomic E-state index is 13.0. The Morgan fingerprint density at radius 1 is 0.936 bits per heavy atom. The summed E-state index contributed by atoms with van der Waals surface area (Å²) in [7, 11) is 0. The SMILES string of the molecule is CC1C(CSc2ccc(C(=O)O)cc2)OC(c2ccc(CNC(=O)C3CCCN3C(=O)C(F)(F)F)cc2)OC1c1ccc(CO)cc1. The number of carboxylic acid groups (broad SMARTS) is 1. The fraction of sp³-hybridized carbons (Fsp3) is 0.382. The Morgan fingerprint density at radius 2 is 1.57 bits per heavy atom. The van der Waals surface area contributed by atoms with Crippen molar-refractivity contribution in [1.82, 2.24) is 10.2 Å². The average Bonchev–Trinajstić information content (AvgIpc) is 3.56. The minimum Gasteiger partial charge on any atom is -0.478 e. The first-order chi connectivity index (χ1) is 22.4. The summed E-state index contributed by atoms with van der Waals surface area (Å²) in [4.78, 5) is 37.2. The fourth-order valence-electron chi connectivity index (χ4n) is 5.73. The van der Waals surface area contributed by atoms with Crippen molar-refractivity contribution in [3.8, 4) is 0 Å². The number of amides is 2. The largest absolute Gasteiger partial charge is 0.478 e. The number of aromatic carboxylic acids is 1. The molecule has 2 heterocycles. The standard InChI is InChI=1S/C34H35F3N2O7S/c1-20-28(19-47-26-14-12-24(13-15-26)31(42)43)45-32(46-29(20)23-8-6-22(18-40)7-9-23)25-10-4-21(5-11-25)17-38-30(41)27-3-2-16-39(27)33(44)34(35,36)37/h4-15,20,27-29,32,40H,2-3,16-19H2,1H3,(H,38,41)(H,42,43). The van der Waals surface area contributed by atoms with Crippen molar-refractivity contribution in [3.63, 3.8) is 0 Å². The number of rotatable bonds is 10. The van der Waals surface area contributed by atoms with Crippen LogP contribution in [0.4, 0.5) is 13.2 Å². The third-order valence-corrected chi connectivity index (χ3v) is 9.52. The normalized spacial score (nSPS) is 23.0. The van der Waals surface area contributed by atoms with Gasteiger partial charge < -0.3 is 29.9 Å². The molecule has 5 atom stereocenters. The first kappa shape index (κ1) is 34.4. The lowest BCUT2D eigenvalue weighted by Gasteiger charge is -2.41. The molecule has 0 saturated carbocycles. The zero-order valence-corrected chi connectivity index (χ0v) is 26.3. The van der Waals surface area contributed by atoms with Crippen LogP contribution < -0.4 is 5.32 Å². The van der Waals surface area contributed by atoms with E-state index in [-0.39, 0.29) is 49.8 Å². The van der Waals surface area contributed by atoms with Crippen LogP contribution in [0.1, 0.15) is 64.8 Å². The van der Waals surface area contributed by atoms with Crippen molar-refractivity contribution in [3.05, 3.63) is 101 Å². The molecular formula is C34H35F3N2O7S. The third kappa shape index (κ3) is 8.33. The Labute approximate surface area is 274 Å². The number of alkyl halides is 3. The lowest BCUT2D eigenvalue weighted by atomic mass is 9.91. The van der Waals surface area contributed by atoms with Crippen molar-refractivity contribution >= 4 is 29.5 Å². The Bertz CT molecular complexity index is 1550. The monoisotopic (exact) mass is 672 g/mol. The highest BCUT2D eigenvalue weighted by atomic mass is 32.2. The summed E-state index contributed by atoms with van der Waals surface area (Å²) in [6.45, 7) is 1.91. The van der Waals surface area contributed by atoms with Crippen molar-refractivity contribution in [2.75, 3.05) is 12.3 Å². The second-order valence-corrected chi connectivity index (χ2v) is 12.7. The number of thioether (sulfide) groups is 1. The van der Waals surface area contributed by atoms with E-state index in [0.717, 1.165) is 21.6 Å². The van der Waals surface area contributed by atoms with Gasteiger partial charge in [-0.05, 0) is 53.8 Å². The van der Waals surface area contributed by atoms with Gasteiger partial charge in [0.2, 0.25) is 5.91 Å². The van der Waals surface area contributed by atoms with E-state index in [4.69, 9.17) is 9.47 Å². The Balaban J connectivity index is 1.27. The first-order valence-corrected chi connectivity index (χ1v) is 16.1. The van der Waals surface area contributed by atoms with E-state index < -0.39 is 36.3 Å². The number of aliphatic hydroxyl groups is 1. The maximum absolute atomic E-state index is 13.0. The molecule has 2 saturated heterocycles. The number of carboxylic acids is 1. The molecule has 2 aliphatic heterocycles. The highest BCUT2D eigenvalue weighted by Gasteiger charge is 2.47. The summed E-state index contributed by atoms with van der Waals surface area (Å²) >= 11 is 1.54. The molecule has 2 amide bonds. The second-order valence-electron chi connectivity index (χ2n) is 11.6. The highest BCUT2D eigenvalue weighted by molar-refractivity contribution is 7.99. The van der Waals surface area contributed by atoms with Gasteiger partial charge in [-0.3, -0.25) is 9.59 Å². The minimum absolute atomic E-state index is 0.0623. The number of benzene rings is 3. The predicted octanol–water partition coefficient (Wildman–Crippen LogP) is 5.63. The van der Waals surface area contributed by atoms with E-state index in [1.165, 1.54) is 0 Å². The van der Waals surface area contributed by atoms with Crippen LogP contribution in [-0.4, -0.2) is 63.5 Å². The predicted molar refractivity (Wildman–Crippen MR) is 166 cm³/mol. The quantitative estimate of drug-likeness (QED) is 0.237. The number of halogens is 3. The van der Waals surface area contributed by atoms with Gasteiger partial charge in [-0.1, -0.05) is 55.5 Å². The molecular weight excluding hydrogens is 637 g/mol. The van der Waals surface area contributed by atoms with Crippen molar-refractivity contribution in [2.24, 2.45) is 5.92 Å². The molecule has 0 bridgehead atoms. The van der Waals surface area contributed by atoms with Gasteiger partial charge >= 0.3 is 18.1 Å². The second kappa shape index (κ2) is 14.9. The molecule has 2 aliphatic rings. The number of carbonyl (C=O) groups is 3. The number of carbonyl (C=O) groups excluding carboxylic acids is 2. The van der Waals surface area contributed by atoms with Gasteiger partial charge in [0.05, 0.1) is 24.4 Å². The van der Waals surface area contributed by atoms with Gasteiger partial charge in [-0.15, -0.1) is 11.8 Å². The van der Waals surface area contributed by atoms with Crippen LogP contribution in [0.3, 0.4) is 0 Å². The number of nitrogens with zero attached hydrogens (tertiary/aromatic N) is 1. The Kier molecular flexibility index (Phi) is 10.9.